The average Bonchev–Trinajstić information content (AvgIpc) is 3.33. The molecule has 1 aliphatic rings. The molecule has 1 aromatic heterocycles. The van der Waals surface area contributed by atoms with Gasteiger partial charge in [0.2, 0.25) is 5.91 Å². The molecule has 2 heterocycles. The highest BCUT2D eigenvalue weighted by Crippen LogP contribution is 2.31. The maximum atomic E-state index is 12.8. The van der Waals surface area contributed by atoms with Gasteiger partial charge in [-0.15, -0.1) is 11.3 Å². The lowest BCUT2D eigenvalue weighted by molar-refractivity contribution is -0.137. The number of alkyl halides is 3. The molecule has 1 saturated heterocycles. The first-order valence-corrected chi connectivity index (χ1v) is 10.9. The van der Waals surface area contributed by atoms with E-state index in [1.807, 2.05) is 0 Å². The van der Waals surface area contributed by atoms with E-state index in [9.17, 15) is 26.4 Å². The number of hydrogen-bond donors (Lipinski definition) is 0. The second-order valence-corrected chi connectivity index (χ2v) is 9.66. The average molecular weight is 432 g/mol. The molecule has 1 aromatic carbocycles. The number of carbonyl (C=O) groups is 1. The van der Waals surface area contributed by atoms with Crippen molar-refractivity contribution >= 4 is 27.3 Å². The van der Waals surface area contributed by atoms with E-state index >= 15 is 0 Å². The molecule has 5 nitrogen and oxygen atoms in total. The zero-order valence-electron chi connectivity index (χ0n) is 15.0. The van der Waals surface area contributed by atoms with Gasteiger partial charge in [0.1, 0.15) is 10.3 Å². The van der Waals surface area contributed by atoms with Gasteiger partial charge in [-0.05, 0) is 42.0 Å². The molecule has 1 unspecified atom stereocenters. The summed E-state index contributed by atoms with van der Waals surface area (Å²) in [4.78, 5) is 14.2. The molecule has 0 spiro atoms. The number of thiophene rings is 1. The van der Waals surface area contributed by atoms with E-state index in [2.05, 4.69) is 0 Å². The van der Waals surface area contributed by atoms with Gasteiger partial charge in [-0.1, -0.05) is 18.2 Å². The van der Waals surface area contributed by atoms with Crippen molar-refractivity contribution in [1.29, 1.82) is 0 Å². The van der Waals surface area contributed by atoms with Gasteiger partial charge in [0, 0.05) is 20.1 Å². The van der Waals surface area contributed by atoms with Gasteiger partial charge in [-0.25, -0.2) is 8.42 Å². The van der Waals surface area contributed by atoms with Gasteiger partial charge in [0.25, 0.3) is 10.0 Å². The fourth-order valence-electron chi connectivity index (χ4n) is 3.21. The number of carbonyl (C=O) groups excluding carboxylic acids is 1. The molecule has 1 fully saturated rings. The van der Waals surface area contributed by atoms with E-state index in [0.29, 0.717) is 18.4 Å². The maximum Gasteiger partial charge on any atom is 0.416 e. The van der Waals surface area contributed by atoms with E-state index in [1.165, 1.54) is 34.5 Å². The predicted molar refractivity (Wildman–Crippen MR) is 99.2 cm³/mol. The second kappa shape index (κ2) is 7.84. The summed E-state index contributed by atoms with van der Waals surface area (Å²) in [5, 5.41) is 1.66. The minimum absolute atomic E-state index is 0.0976. The molecule has 1 atom stereocenters. The first-order chi connectivity index (χ1) is 13.1. The Morgan fingerprint density at radius 3 is 2.50 bits per heavy atom. The van der Waals surface area contributed by atoms with Crippen LogP contribution >= 0.6 is 11.3 Å². The third-order valence-corrected chi connectivity index (χ3v) is 7.91. The largest absolute Gasteiger partial charge is 0.416 e. The van der Waals surface area contributed by atoms with Crippen LogP contribution in [0.2, 0.25) is 0 Å². The smallest absolute Gasteiger partial charge is 0.340 e. The molecule has 0 radical (unpaired) electrons. The minimum Gasteiger partial charge on any atom is -0.340 e. The van der Waals surface area contributed by atoms with Crippen molar-refractivity contribution in [1.82, 2.24) is 9.21 Å². The summed E-state index contributed by atoms with van der Waals surface area (Å²) in [5.74, 6) is -0.363. The van der Waals surface area contributed by atoms with Crippen molar-refractivity contribution in [3.8, 4) is 0 Å². The van der Waals surface area contributed by atoms with Crippen LogP contribution < -0.4 is 0 Å². The van der Waals surface area contributed by atoms with Crippen molar-refractivity contribution < 1.29 is 26.4 Å². The third-order valence-electron chi connectivity index (χ3n) is 4.62. The van der Waals surface area contributed by atoms with Crippen molar-refractivity contribution in [2.24, 2.45) is 0 Å². The van der Waals surface area contributed by atoms with Crippen molar-refractivity contribution in [3.05, 3.63) is 52.9 Å². The Bertz CT molecular complexity index is 926. The van der Waals surface area contributed by atoms with Gasteiger partial charge < -0.3 is 4.90 Å². The summed E-state index contributed by atoms with van der Waals surface area (Å²) in [5.41, 5.74) is -0.219. The first kappa shape index (κ1) is 20.8. The second-order valence-electron chi connectivity index (χ2n) is 6.59. The lowest BCUT2D eigenvalue weighted by atomic mass is 10.1. The lowest BCUT2D eigenvalue weighted by Gasteiger charge is -2.27. The summed E-state index contributed by atoms with van der Waals surface area (Å²) in [6.45, 7) is 0.366. The molecule has 0 bridgehead atoms. The predicted octanol–water partition coefficient (Wildman–Crippen LogP) is 3.58. The summed E-state index contributed by atoms with van der Waals surface area (Å²) in [6.07, 6.45) is -3.42. The summed E-state index contributed by atoms with van der Waals surface area (Å²) >= 11 is 1.10. The number of rotatable bonds is 5. The molecule has 0 aliphatic carbocycles. The quantitative estimate of drug-likeness (QED) is 0.726. The van der Waals surface area contributed by atoms with Crippen LogP contribution in [-0.2, 0) is 27.5 Å². The van der Waals surface area contributed by atoms with E-state index in [4.69, 9.17) is 0 Å². The Hall–Kier alpha value is -1.91. The molecule has 1 aliphatic heterocycles. The number of sulfonamides is 1. The number of halogens is 3. The molecule has 1 amide bonds. The molecule has 2 aromatic rings. The van der Waals surface area contributed by atoms with Crippen LogP contribution in [-0.4, -0.2) is 43.2 Å². The van der Waals surface area contributed by atoms with Gasteiger partial charge in [-0.2, -0.15) is 17.5 Å². The first-order valence-electron chi connectivity index (χ1n) is 8.57. The number of benzene rings is 1. The molecule has 28 heavy (non-hydrogen) atoms. The fraction of sp³-hybridized carbons (Fsp3) is 0.389. The van der Waals surface area contributed by atoms with E-state index in [-0.39, 0.29) is 23.2 Å². The summed E-state index contributed by atoms with van der Waals surface area (Å²) < 4.78 is 65.0. The van der Waals surface area contributed by atoms with Crippen LogP contribution in [0.15, 0.2) is 46.0 Å². The zero-order valence-corrected chi connectivity index (χ0v) is 16.6. The third kappa shape index (κ3) is 4.23. The molecule has 3 rings (SSSR count). The van der Waals surface area contributed by atoms with Crippen LogP contribution in [0.25, 0.3) is 0 Å². The van der Waals surface area contributed by atoms with Crippen LogP contribution in [0, 0.1) is 0 Å². The SMILES string of the molecule is CN(Cc1ccc(C(F)(F)F)cc1)C(=O)C1CCCN1S(=O)(=O)c1cccs1. The van der Waals surface area contributed by atoms with Crippen molar-refractivity contribution in [3.63, 3.8) is 0 Å². The number of likely N-dealkylation sites (N-methyl/N-ethyl adjacent to an activating group) is 1. The van der Waals surface area contributed by atoms with Crippen molar-refractivity contribution in [2.75, 3.05) is 13.6 Å². The molecule has 152 valence electrons. The molecule has 0 saturated carbocycles. The molecule has 0 N–H and O–H groups in total. The van der Waals surface area contributed by atoms with E-state index < -0.39 is 27.8 Å². The highest BCUT2D eigenvalue weighted by molar-refractivity contribution is 7.91. The maximum absolute atomic E-state index is 12.8. The Balaban J connectivity index is 1.72. The highest BCUT2D eigenvalue weighted by atomic mass is 32.2. The number of nitrogens with zero attached hydrogens (tertiary/aromatic N) is 2. The molecular weight excluding hydrogens is 413 g/mol. The van der Waals surface area contributed by atoms with Crippen molar-refractivity contribution in [2.45, 2.75) is 35.8 Å². The van der Waals surface area contributed by atoms with Gasteiger partial charge in [0.15, 0.2) is 0 Å². The van der Waals surface area contributed by atoms with E-state index in [0.717, 1.165) is 23.5 Å². The van der Waals surface area contributed by atoms with E-state index in [1.54, 1.807) is 11.4 Å². The highest BCUT2D eigenvalue weighted by Gasteiger charge is 2.41. The zero-order chi connectivity index (χ0) is 20.5. The number of amides is 1. The Morgan fingerprint density at radius 2 is 1.93 bits per heavy atom. The molecular formula is C18H19F3N2O3S2. The minimum atomic E-state index is -4.42. The fourth-order valence-corrected chi connectivity index (χ4v) is 5.98. The Kier molecular flexibility index (Phi) is 5.83. The summed E-state index contributed by atoms with van der Waals surface area (Å²) in [7, 11) is -2.22. The van der Waals surface area contributed by atoms with Gasteiger partial charge in [-0.3, -0.25) is 4.79 Å². The lowest BCUT2D eigenvalue weighted by Crippen LogP contribution is -2.46. The Labute approximate surface area is 165 Å². The standard InChI is InChI=1S/C18H19F3N2O3S2/c1-22(12-13-6-8-14(9-7-13)18(19,20)21)17(24)15-4-2-10-23(15)28(25,26)16-5-3-11-27-16/h3,5-9,11,15H,2,4,10,12H2,1H3. The normalized spacial score (nSPS) is 18.4. The van der Waals surface area contributed by atoms with Crippen LogP contribution in [0.1, 0.15) is 24.0 Å². The monoisotopic (exact) mass is 432 g/mol. The van der Waals surface area contributed by atoms with Crippen LogP contribution in [0.5, 0.6) is 0 Å². The Morgan fingerprint density at radius 1 is 1.25 bits per heavy atom. The van der Waals surface area contributed by atoms with Gasteiger partial charge >= 0.3 is 6.18 Å². The van der Waals surface area contributed by atoms with Crippen LogP contribution in [0.4, 0.5) is 13.2 Å². The molecule has 10 heteroatoms. The topological polar surface area (TPSA) is 57.7 Å². The van der Waals surface area contributed by atoms with Crippen LogP contribution in [0.3, 0.4) is 0 Å². The van der Waals surface area contributed by atoms with Gasteiger partial charge in [0.05, 0.1) is 5.56 Å². The summed E-state index contributed by atoms with van der Waals surface area (Å²) in [6, 6.07) is 6.93. The number of hydrogen-bond acceptors (Lipinski definition) is 4.